The van der Waals surface area contributed by atoms with Crippen molar-refractivity contribution in [1.82, 2.24) is 19.7 Å². The molecule has 0 aliphatic heterocycles. The molecule has 7 nitrogen and oxygen atoms in total. The van der Waals surface area contributed by atoms with E-state index >= 15 is 0 Å². The van der Waals surface area contributed by atoms with Crippen molar-refractivity contribution in [3.05, 3.63) is 36.2 Å². The molecule has 2 rings (SSSR count). The number of aromatic nitrogens is 4. The van der Waals surface area contributed by atoms with Crippen molar-refractivity contribution in [2.75, 3.05) is 7.11 Å². The fourth-order valence-electron chi connectivity index (χ4n) is 1.27. The van der Waals surface area contributed by atoms with Gasteiger partial charge in [0.2, 0.25) is 0 Å². The van der Waals surface area contributed by atoms with E-state index in [9.17, 15) is 4.79 Å². The summed E-state index contributed by atoms with van der Waals surface area (Å²) in [6.45, 7) is 0. The Balaban J connectivity index is 2.37. The van der Waals surface area contributed by atoms with Gasteiger partial charge >= 0.3 is 5.97 Å². The molecule has 0 radical (unpaired) electrons. The van der Waals surface area contributed by atoms with Gasteiger partial charge in [-0.15, -0.1) is 5.10 Å². The molecule has 2 aromatic heterocycles. The standard InChI is InChI=1S/C10H9N5O2S/c1-17-10(16)9-13-5-15(14-9)6-2-3-12-7(4-6)8(11)18/h2-5H,1H3,(H2,11,18). The van der Waals surface area contributed by atoms with Gasteiger partial charge in [0.05, 0.1) is 18.5 Å². The molecule has 0 aliphatic rings. The average Bonchev–Trinajstić information content (AvgIpc) is 2.87. The predicted molar refractivity (Wildman–Crippen MR) is 66.4 cm³/mol. The molecule has 0 fully saturated rings. The zero-order chi connectivity index (χ0) is 13.1. The second kappa shape index (κ2) is 4.88. The molecule has 8 heteroatoms. The van der Waals surface area contributed by atoms with Crippen molar-refractivity contribution in [2.45, 2.75) is 0 Å². The molecule has 2 N–H and O–H groups in total. The zero-order valence-corrected chi connectivity index (χ0v) is 10.2. The number of hydrogen-bond acceptors (Lipinski definition) is 6. The van der Waals surface area contributed by atoms with Crippen LogP contribution >= 0.6 is 12.2 Å². The van der Waals surface area contributed by atoms with Gasteiger partial charge in [0.1, 0.15) is 11.3 Å². The van der Waals surface area contributed by atoms with Crippen LogP contribution in [0.4, 0.5) is 0 Å². The first kappa shape index (κ1) is 12.1. The number of pyridine rings is 1. The van der Waals surface area contributed by atoms with Crippen LogP contribution in [0.5, 0.6) is 0 Å². The van der Waals surface area contributed by atoms with Crippen molar-refractivity contribution >= 4 is 23.2 Å². The molecule has 0 amide bonds. The van der Waals surface area contributed by atoms with E-state index in [1.54, 1.807) is 18.3 Å². The minimum absolute atomic E-state index is 0.0220. The van der Waals surface area contributed by atoms with Crippen LogP contribution in [0.25, 0.3) is 5.69 Å². The molecule has 18 heavy (non-hydrogen) atoms. The van der Waals surface area contributed by atoms with Gasteiger partial charge in [-0.2, -0.15) is 0 Å². The Bertz CT molecular complexity index is 610. The fraction of sp³-hybridized carbons (Fsp3) is 0.100. The van der Waals surface area contributed by atoms with Crippen LogP contribution in [-0.4, -0.2) is 37.8 Å². The van der Waals surface area contributed by atoms with E-state index < -0.39 is 5.97 Å². The van der Waals surface area contributed by atoms with E-state index in [-0.39, 0.29) is 10.8 Å². The molecule has 0 bridgehead atoms. The molecule has 0 aliphatic carbocycles. The summed E-state index contributed by atoms with van der Waals surface area (Å²) < 4.78 is 5.93. The zero-order valence-electron chi connectivity index (χ0n) is 9.40. The summed E-state index contributed by atoms with van der Waals surface area (Å²) >= 11 is 4.83. The normalized spacial score (nSPS) is 10.1. The SMILES string of the molecule is COC(=O)c1ncn(-c2ccnc(C(N)=S)c2)n1. The lowest BCUT2D eigenvalue weighted by molar-refractivity contribution is 0.0587. The highest BCUT2D eigenvalue weighted by molar-refractivity contribution is 7.80. The molecule has 0 unspecified atom stereocenters. The van der Waals surface area contributed by atoms with E-state index in [0.29, 0.717) is 11.4 Å². The van der Waals surface area contributed by atoms with E-state index in [4.69, 9.17) is 18.0 Å². The van der Waals surface area contributed by atoms with Crippen LogP contribution in [-0.2, 0) is 4.74 Å². The van der Waals surface area contributed by atoms with Crippen molar-refractivity contribution in [3.8, 4) is 5.69 Å². The molecule has 92 valence electrons. The van der Waals surface area contributed by atoms with E-state index in [1.165, 1.54) is 18.1 Å². The smallest absolute Gasteiger partial charge is 0.377 e. The van der Waals surface area contributed by atoms with Crippen LogP contribution in [0.3, 0.4) is 0 Å². The predicted octanol–water partition coefficient (Wildman–Crippen LogP) is 0.0831. The fourth-order valence-corrected chi connectivity index (χ4v) is 1.38. The highest BCUT2D eigenvalue weighted by Gasteiger charge is 2.12. The summed E-state index contributed by atoms with van der Waals surface area (Å²) in [6, 6.07) is 3.34. The number of carbonyl (C=O) groups is 1. The van der Waals surface area contributed by atoms with Crippen LogP contribution in [0.2, 0.25) is 0 Å². The first-order chi connectivity index (χ1) is 8.61. The van der Waals surface area contributed by atoms with Gasteiger partial charge in [0, 0.05) is 6.20 Å². The van der Waals surface area contributed by atoms with Gasteiger partial charge in [-0.3, -0.25) is 4.98 Å². The number of rotatable bonds is 3. The monoisotopic (exact) mass is 263 g/mol. The lowest BCUT2D eigenvalue weighted by Crippen LogP contribution is -2.12. The first-order valence-corrected chi connectivity index (χ1v) is 5.29. The van der Waals surface area contributed by atoms with Crippen LogP contribution in [0, 0.1) is 0 Å². The number of ether oxygens (including phenoxy) is 1. The van der Waals surface area contributed by atoms with Crippen molar-refractivity contribution in [2.24, 2.45) is 5.73 Å². The Kier molecular flexibility index (Phi) is 3.28. The third-order valence-electron chi connectivity index (χ3n) is 2.12. The minimum atomic E-state index is -0.600. The molecule has 0 saturated heterocycles. The van der Waals surface area contributed by atoms with Gasteiger partial charge < -0.3 is 10.5 Å². The molecule has 0 aromatic carbocycles. The number of hydrogen-bond donors (Lipinski definition) is 1. The molecule has 2 heterocycles. The Hall–Kier alpha value is -2.35. The molecule has 2 aromatic rings. The molecular formula is C10H9N5O2S. The second-order valence-corrected chi connectivity index (χ2v) is 3.71. The Labute approximate surface area is 108 Å². The molecule has 0 spiro atoms. The van der Waals surface area contributed by atoms with E-state index in [0.717, 1.165) is 0 Å². The third kappa shape index (κ3) is 2.33. The Morgan fingerprint density at radius 1 is 1.50 bits per heavy atom. The Morgan fingerprint density at radius 2 is 2.28 bits per heavy atom. The summed E-state index contributed by atoms with van der Waals surface area (Å²) in [5.74, 6) is -0.622. The maximum absolute atomic E-state index is 11.2. The quantitative estimate of drug-likeness (QED) is 0.619. The highest BCUT2D eigenvalue weighted by Crippen LogP contribution is 2.07. The van der Waals surface area contributed by atoms with Crippen LogP contribution in [0.1, 0.15) is 16.3 Å². The van der Waals surface area contributed by atoms with Crippen molar-refractivity contribution in [3.63, 3.8) is 0 Å². The number of nitrogens with zero attached hydrogens (tertiary/aromatic N) is 4. The number of esters is 1. The first-order valence-electron chi connectivity index (χ1n) is 4.88. The summed E-state index contributed by atoms with van der Waals surface area (Å²) in [7, 11) is 1.26. The van der Waals surface area contributed by atoms with Crippen LogP contribution in [0.15, 0.2) is 24.7 Å². The van der Waals surface area contributed by atoms with Crippen LogP contribution < -0.4 is 5.73 Å². The van der Waals surface area contributed by atoms with Gasteiger partial charge in [-0.05, 0) is 12.1 Å². The lowest BCUT2D eigenvalue weighted by atomic mass is 10.3. The third-order valence-corrected chi connectivity index (χ3v) is 2.33. The second-order valence-electron chi connectivity index (χ2n) is 3.27. The Morgan fingerprint density at radius 3 is 2.94 bits per heavy atom. The van der Waals surface area contributed by atoms with Gasteiger partial charge in [0.25, 0.3) is 5.82 Å². The van der Waals surface area contributed by atoms with E-state index in [1.807, 2.05) is 0 Å². The topological polar surface area (TPSA) is 95.9 Å². The average molecular weight is 263 g/mol. The maximum atomic E-state index is 11.2. The molecule has 0 saturated carbocycles. The number of carbonyl (C=O) groups excluding carboxylic acids is 1. The van der Waals surface area contributed by atoms with Gasteiger partial charge in [-0.25, -0.2) is 14.5 Å². The summed E-state index contributed by atoms with van der Waals surface area (Å²) in [6.07, 6.45) is 2.94. The number of thiocarbonyl (C=S) groups is 1. The minimum Gasteiger partial charge on any atom is -0.463 e. The van der Waals surface area contributed by atoms with Gasteiger partial charge in [0.15, 0.2) is 0 Å². The van der Waals surface area contributed by atoms with Crippen molar-refractivity contribution < 1.29 is 9.53 Å². The maximum Gasteiger partial charge on any atom is 0.377 e. The van der Waals surface area contributed by atoms with Crippen molar-refractivity contribution in [1.29, 1.82) is 0 Å². The van der Waals surface area contributed by atoms with Gasteiger partial charge in [-0.1, -0.05) is 12.2 Å². The number of methoxy groups -OCH3 is 1. The highest BCUT2D eigenvalue weighted by atomic mass is 32.1. The number of nitrogens with two attached hydrogens (primary N) is 1. The summed E-state index contributed by atoms with van der Waals surface area (Å²) in [5.41, 5.74) is 6.60. The molecule has 0 atom stereocenters. The van der Waals surface area contributed by atoms with E-state index in [2.05, 4.69) is 19.8 Å². The summed E-state index contributed by atoms with van der Waals surface area (Å²) in [5, 5.41) is 3.97. The lowest BCUT2D eigenvalue weighted by Gasteiger charge is -2.02. The largest absolute Gasteiger partial charge is 0.463 e. The molecular weight excluding hydrogens is 254 g/mol. The summed E-state index contributed by atoms with van der Waals surface area (Å²) in [4.78, 5) is 19.2.